The van der Waals surface area contributed by atoms with E-state index in [9.17, 15) is 18.0 Å². The van der Waals surface area contributed by atoms with Gasteiger partial charge in [0.1, 0.15) is 5.70 Å². The molecule has 0 saturated heterocycles. The number of benzene rings is 1. The third-order valence-corrected chi connectivity index (χ3v) is 2.22. The minimum absolute atomic E-state index is 0.140. The number of hydrogen-bond donors (Lipinski definition) is 1. The van der Waals surface area contributed by atoms with Gasteiger partial charge < -0.3 is 5.73 Å². The summed E-state index contributed by atoms with van der Waals surface area (Å²) in [7, 11) is 0. The van der Waals surface area contributed by atoms with Gasteiger partial charge in [-0.15, -0.1) is 0 Å². The highest BCUT2D eigenvalue weighted by Crippen LogP contribution is 2.22. The first-order chi connectivity index (χ1) is 7.30. The molecule has 2 nitrogen and oxygen atoms in total. The fourth-order valence-corrected chi connectivity index (χ4v) is 1.35. The number of nitrogens with two attached hydrogens (primary N) is 1. The van der Waals surface area contributed by atoms with E-state index in [1.807, 2.05) is 0 Å². The van der Waals surface area contributed by atoms with Crippen molar-refractivity contribution in [3.8, 4) is 0 Å². The Bertz CT molecular complexity index is 440. The van der Waals surface area contributed by atoms with Crippen LogP contribution in [0, 0.1) is 0 Å². The van der Waals surface area contributed by atoms with Gasteiger partial charge in [-0.25, -0.2) is 0 Å². The fourth-order valence-electron chi connectivity index (χ4n) is 0.948. The highest BCUT2D eigenvalue weighted by molar-refractivity contribution is 9.10. The number of carbonyl (C=O) groups excluding carboxylic acids is 1. The molecule has 0 aromatic heterocycles. The van der Waals surface area contributed by atoms with Crippen LogP contribution in [-0.2, 0) is 0 Å². The van der Waals surface area contributed by atoms with Crippen LogP contribution in [0.3, 0.4) is 0 Å². The molecule has 0 bridgehead atoms. The van der Waals surface area contributed by atoms with Crippen molar-refractivity contribution < 1.29 is 18.0 Å². The molecule has 0 amide bonds. The normalized spacial score (nSPS) is 12.6. The maximum absolute atomic E-state index is 12.0. The van der Waals surface area contributed by atoms with Crippen LogP contribution < -0.4 is 5.73 Å². The number of rotatable bonds is 2. The van der Waals surface area contributed by atoms with Crippen LogP contribution in [0.1, 0.15) is 10.4 Å². The monoisotopic (exact) mass is 293 g/mol. The predicted octanol–water partition coefficient (Wildman–Crippen LogP) is 3.04. The molecule has 2 N–H and O–H groups in total. The molecule has 6 heteroatoms. The van der Waals surface area contributed by atoms with Crippen LogP contribution in [0.15, 0.2) is 40.5 Å². The summed E-state index contributed by atoms with van der Waals surface area (Å²) in [6.07, 6.45) is -4.30. The molecule has 0 heterocycles. The van der Waals surface area contributed by atoms with E-state index in [4.69, 9.17) is 5.73 Å². The number of halogens is 4. The van der Waals surface area contributed by atoms with Crippen LogP contribution in [-0.4, -0.2) is 12.0 Å². The molecule has 1 rings (SSSR count). The third-order valence-electron chi connectivity index (χ3n) is 1.72. The Kier molecular flexibility index (Phi) is 3.74. The number of hydrogen-bond acceptors (Lipinski definition) is 2. The third kappa shape index (κ3) is 3.37. The number of carbonyl (C=O) groups is 1. The van der Waals surface area contributed by atoms with Crippen molar-refractivity contribution in [3.05, 3.63) is 46.1 Å². The van der Waals surface area contributed by atoms with Gasteiger partial charge in [0.25, 0.3) is 0 Å². The quantitative estimate of drug-likeness (QED) is 0.673. The molecule has 0 unspecified atom stereocenters. The average molecular weight is 294 g/mol. The minimum atomic E-state index is -4.68. The lowest BCUT2D eigenvalue weighted by molar-refractivity contribution is -0.0927. The van der Waals surface area contributed by atoms with Crippen LogP contribution in [0.5, 0.6) is 0 Å². The maximum Gasteiger partial charge on any atom is 0.430 e. The molecule has 16 heavy (non-hydrogen) atoms. The lowest BCUT2D eigenvalue weighted by Gasteiger charge is -2.05. The molecule has 0 radical (unpaired) electrons. The minimum Gasteiger partial charge on any atom is -0.395 e. The summed E-state index contributed by atoms with van der Waals surface area (Å²) in [5.41, 5.74) is 3.47. The van der Waals surface area contributed by atoms with Crippen molar-refractivity contribution in [1.29, 1.82) is 0 Å². The number of ketones is 1. The molecule has 0 fully saturated rings. The first-order valence-electron chi connectivity index (χ1n) is 4.15. The van der Waals surface area contributed by atoms with E-state index in [2.05, 4.69) is 15.9 Å². The number of allylic oxidation sites excluding steroid dienone is 2. The smallest absolute Gasteiger partial charge is 0.395 e. The van der Waals surface area contributed by atoms with Gasteiger partial charge in [0.15, 0.2) is 5.78 Å². The summed E-state index contributed by atoms with van der Waals surface area (Å²) in [4.78, 5) is 11.4. The summed E-state index contributed by atoms with van der Waals surface area (Å²) in [6.45, 7) is 0. The Balaban J connectivity index is 2.97. The topological polar surface area (TPSA) is 43.1 Å². The highest BCUT2D eigenvalue weighted by atomic mass is 79.9. The van der Waals surface area contributed by atoms with E-state index in [1.165, 1.54) is 12.1 Å². The second-order valence-electron chi connectivity index (χ2n) is 2.97. The van der Waals surface area contributed by atoms with Gasteiger partial charge in [-0.05, 0) is 12.1 Å². The lowest BCUT2D eigenvalue weighted by atomic mass is 10.1. The molecular formula is C10H7BrF3NO. The Hall–Kier alpha value is -1.30. The summed E-state index contributed by atoms with van der Waals surface area (Å²) < 4.78 is 36.8. The van der Waals surface area contributed by atoms with Gasteiger partial charge in [-0.3, -0.25) is 4.79 Å². The highest BCUT2D eigenvalue weighted by Gasteiger charge is 2.32. The lowest BCUT2D eigenvalue weighted by Crippen LogP contribution is -2.20. The van der Waals surface area contributed by atoms with E-state index in [0.717, 1.165) is 0 Å². The molecule has 0 aliphatic carbocycles. The van der Waals surface area contributed by atoms with Gasteiger partial charge in [0.05, 0.1) is 0 Å². The van der Waals surface area contributed by atoms with Crippen molar-refractivity contribution in [2.45, 2.75) is 6.18 Å². The number of alkyl halides is 3. The van der Waals surface area contributed by atoms with Crippen LogP contribution in [0.4, 0.5) is 13.2 Å². The van der Waals surface area contributed by atoms with Gasteiger partial charge in [0, 0.05) is 16.1 Å². The van der Waals surface area contributed by atoms with Crippen LogP contribution >= 0.6 is 15.9 Å². The van der Waals surface area contributed by atoms with Crippen LogP contribution in [0.2, 0.25) is 0 Å². The van der Waals surface area contributed by atoms with Crippen molar-refractivity contribution in [2.24, 2.45) is 5.73 Å². The molecule has 0 spiro atoms. The van der Waals surface area contributed by atoms with E-state index in [0.29, 0.717) is 10.5 Å². The zero-order valence-electron chi connectivity index (χ0n) is 7.88. The molecular weight excluding hydrogens is 287 g/mol. The molecule has 1 aromatic rings. The van der Waals surface area contributed by atoms with E-state index in [-0.39, 0.29) is 5.56 Å². The SMILES string of the molecule is N/C(=C\C(=O)c1cccc(Br)c1)C(F)(F)F. The predicted molar refractivity (Wildman–Crippen MR) is 56.8 cm³/mol. The first kappa shape index (κ1) is 12.8. The van der Waals surface area contributed by atoms with Gasteiger partial charge >= 0.3 is 6.18 Å². The first-order valence-corrected chi connectivity index (χ1v) is 4.94. The van der Waals surface area contributed by atoms with E-state index >= 15 is 0 Å². The summed E-state index contributed by atoms with van der Waals surface area (Å²) in [5.74, 6) is -0.781. The molecule has 0 atom stereocenters. The Morgan fingerprint density at radius 1 is 1.38 bits per heavy atom. The standard InChI is InChI=1S/C10H7BrF3NO/c11-7-3-1-2-6(4-7)8(16)5-9(15)10(12,13)14/h1-5H,15H2/b9-5-. The van der Waals surface area contributed by atoms with Crippen molar-refractivity contribution in [2.75, 3.05) is 0 Å². The average Bonchev–Trinajstić information content (AvgIpc) is 2.16. The zero-order chi connectivity index (χ0) is 12.3. The molecule has 86 valence electrons. The molecule has 1 aromatic carbocycles. The molecule has 0 aliphatic heterocycles. The van der Waals surface area contributed by atoms with Gasteiger partial charge in [0.2, 0.25) is 0 Å². The summed E-state index contributed by atoms with van der Waals surface area (Å²) >= 11 is 3.11. The van der Waals surface area contributed by atoms with Gasteiger partial charge in [-0.1, -0.05) is 28.1 Å². The van der Waals surface area contributed by atoms with Crippen LogP contribution in [0.25, 0.3) is 0 Å². The van der Waals surface area contributed by atoms with Crippen molar-refractivity contribution in [3.63, 3.8) is 0 Å². The molecule has 0 aliphatic rings. The van der Waals surface area contributed by atoms with Gasteiger partial charge in [-0.2, -0.15) is 13.2 Å². The summed E-state index contributed by atoms with van der Waals surface area (Å²) in [6, 6.07) is 6.04. The Morgan fingerprint density at radius 2 is 2.00 bits per heavy atom. The zero-order valence-corrected chi connectivity index (χ0v) is 9.47. The van der Waals surface area contributed by atoms with Crippen molar-refractivity contribution >= 4 is 21.7 Å². The second-order valence-corrected chi connectivity index (χ2v) is 3.89. The Morgan fingerprint density at radius 3 is 2.50 bits per heavy atom. The largest absolute Gasteiger partial charge is 0.430 e. The Labute approximate surface area is 98.1 Å². The maximum atomic E-state index is 12.0. The fraction of sp³-hybridized carbons (Fsp3) is 0.100. The van der Waals surface area contributed by atoms with E-state index < -0.39 is 17.7 Å². The van der Waals surface area contributed by atoms with E-state index in [1.54, 1.807) is 12.1 Å². The second kappa shape index (κ2) is 4.69. The van der Waals surface area contributed by atoms with Crippen molar-refractivity contribution in [1.82, 2.24) is 0 Å². The summed E-state index contributed by atoms with van der Waals surface area (Å²) in [5, 5.41) is 0. The molecule has 0 saturated carbocycles.